The largest absolute Gasteiger partial charge is 0.486 e. The van der Waals surface area contributed by atoms with Crippen LogP contribution in [0, 0.1) is 29.1 Å². The summed E-state index contributed by atoms with van der Waals surface area (Å²) in [5, 5.41) is 0. The molecule has 3 aromatic rings. The van der Waals surface area contributed by atoms with E-state index in [1.165, 1.54) is 24.3 Å². The summed E-state index contributed by atoms with van der Waals surface area (Å²) in [7, 11) is 0. The van der Waals surface area contributed by atoms with E-state index in [0.717, 1.165) is 12.1 Å². The summed E-state index contributed by atoms with van der Waals surface area (Å²) in [5.74, 6) is -8.49. The maximum Gasteiger partial charge on any atom is 0.426 e. The van der Waals surface area contributed by atoms with Gasteiger partial charge in [-0.3, -0.25) is 0 Å². The van der Waals surface area contributed by atoms with Gasteiger partial charge in [0.2, 0.25) is 5.82 Å². The number of hydrogen-bond donors (Lipinski definition) is 0. The lowest BCUT2D eigenvalue weighted by Gasteiger charge is -2.19. The number of rotatable bonds is 8. The molecule has 0 heterocycles. The second-order valence-corrected chi connectivity index (χ2v) is 6.91. The minimum Gasteiger partial charge on any atom is -0.486 e. The first-order valence-corrected chi connectivity index (χ1v) is 9.52. The van der Waals surface area contributed by atoms with Crippen molar-refractivity contribution in [3.63, 3.8) is 0 Å². The first kappa shape index (κ1) is 23.4. The van der Waals surface area contributed by atoms with Crippen LogP contribution in [0.5, 0.6) is 11.5 Å². The summed E-state index contributed by atoms with van der Waals surface area (Å²) in [5.41, 5.74) is -0.0711. The third-order valence-corrected chi connectivity index (χ3v) is 4.53. The third-order valence-electron chi connectivity index (χ3n) is 4.53. The molecular weight excluding hydrogens is 441 g/mol. The molecule has 32 heavy (non-hydrogen) atoms. The Morgan fingerprint density at radius 2 is 1.41 bits per heavy atom. The average molecular weight is 458 g/mol. The molecule has 0 saturated carbocycles. The highest BCUT2D eigenvalue weighted by atomic mass is 19.3. The predicted molar refractivity (Wildman–Crippen MR) is 102 cm³/mol. The number of aryl methyl sites for hydroxylation is 1. The smallest absolute Gasteiger partial charge is 0.426 e. The summed E-state index contributed by atoms with van der Waals surface area (Å²) in [6.07, 6.45) is -2.97. The van der Waals surface area contributed by atoms with Crippen molar-refractivity contribution in [1.82, 2.24) is 0 Å². The fraction of sp³-hybridized carbons (Fsp3) is 0.217. The zero-order valence-electron chi connectivity index (χ0n) is 16.7. The molecule has 0 N–H and O–H groups in total. The topological polar surface area (TPSA) is 18.5 Å². The molecule has 0 amide bonds. The lowest BCUT2D eigenvalue weighted by Crippen LogP contribution is -2.22. The Morgan fingerprint density at radius 3 is 2.00 bits per heavy atom. The van der Waals surface area contributed by atoms with Crippen molar-refractivity contribution in [2.75, 3.05) is 0 Å². The van der Waals surface area contributed by atoms with Crippen LogP contribution >= 0.6 is 0 Å². The van der Waals surface area contributed by atoms with Crippen LogP contribution in [-0.4, -0.2) is 0 Å². The Balaban J connectivity index is 1.69. The molecule has 0 radical (unpaired) electrons. The Hall–Kier alpha value is -3.23. The van der Waals surface area contributed by atoms with Crippen LogP contribution in [0.15, 0.2) is 48.5 Å². The van der Waals surface area contributed by atoms with E-state index in [1.54, 1.807) is 0 Å². The second-order valence-electron chi connectivity index (χ2n) is 6.91. The quantitative estimate of drug-likeness (QED) is 0.266. The molecule has 0 aliphatic rings. The van der Waals surface area contributed by atoms with E-state index in [4.69, 9.17) is 4.74 Å². The number of alkyl halides is 2. The lowest BCUT2D eigenvalue weighted by molar-refractivity contribution is -0.185. The monoisotopic (exact) mass is 458 g/mol. The van der Waals surface area contributed by atoms with Gasteiger partial charge in [-0.1, -0.05) is 31.5 Å². The van der Waals surface area contributed by atoms with Gasteiger partial charge in [-0.05, 0) is 35.7 Å². The maximum absolute atomic E-state index is 14.3. The van der Waals surface area contributed by atoms with E-state index in [2.05, 4.69) is 4.74 Å². The zero-order valence-corrected chi connectivity index (χ0v) is 16.7. The van der Waals surface area contributed by atoms with Gasteiger partial charge in [0.1, 0.15) is 12.4 Å². The molecule has 0 saturated heterocycles. The SMILES string of the molecule is CCCc1ccc(OCc2ccc(C(F)(F)Oc3cc(F)c(F)c(F)c3)cc2)c(F)c1F. The summed E-state index contributed by atoms with van der Waals surface area (Å²) < 4.78 is 106. The highest BCUT2D eigenvalue weighted by molar-refractivity contribution is 5.32. The van der Waals surface area contributed by atoms with Crippen molar-refractivity contribution in [2.45, 2.75) is 32.5 Å². The molecule has 9 heteroatoms. The van der Waals surface area contributed by atoms with Crippen LogP contribution in [0.3, 0.4) is 0 Å². The molecule has 2 nitrogen and oxygen atoms in total. The van der Waals surface area contributed by atoms with E-state index in [-0.39, 0.29) is 17.9 Å². The molecule has 0 fully saturated rings. The van der Waals surface area contributed by atoms with Gasteiger partial charge in [0, 0.05) is 12.1 Å². The molecular formula is C23H17F7O2. The minimum atomic E-state index is -3.99. The molecule has 3 rings (SSSR count). The van der Waals surface area contributed by atoms with Gasteiger partial charge >= 0.3 is 6.11 Å². The molecule has 0 aliphatic heterocycles. The number of benzene rings is 3. The summed E-state index contributed by atoms with van der Waals surface area (Å²) in [4.78, 5) is 0. The van der Waals surface area contributed by atoms with Crippen molar-refractivity contribution in [3.8, 4) is 11.5 Å². The van der Waals surface area contributed by atoms with Crippen molar-refractivity contribution < 1.29 is 40.2 Å². The van der Waals surface area contributed by atoms with Crippen molar-refractivity contribution >= 4 is 0 Å². The highest BCUT2D eigenvalue weighted by Gasteiger charge is 2.35. The lowest BCUT2D eigenvalue weighted by atomic mass is 10.1. The molecule has 0 aliphatic carbocycles. The van der Waals surface area contributed by atoms with E-state index in [1.807, 2.05) is 6.92 Å². The first-order valence-electron chi connectivity index (χ1n) is 9.52. The molecule has 0 aromatic heterocycles. The fourth-order valence-corrected chi connectivity index (χ4v) is 2.90. The molecule has 0 unspecified atom stereocenters. The van der Waals surface area contributed by atoms with Gasteiger partial charge in [0.05, 0.1) is 5.56 Å². The Bertz CT molecular complexity index is 1080. The van der Waals surface area contributed by atoms with Crippen LogP contribution < -0.4 is 9.47 Å². The molecule has 0 atom stereocenters. The second kappa shape index (κ2) is 9.50. The van der Waals surface area contributed by atoms with E-state index in [0.29, 0.717) is 30.5 Å². The molecule has 170 valence electrons. The Labute approximate surface area is 179 Å². The summed E-state index contributed by atoms with van der Waals surface area (Å²) >= 11 is 0. The Morgan fingerprint density at radius 1 is 0.781 bits per heavy atom. The van der Waals surface area contributed by atoms with Gasteiger partial charge in [-0.15, -0.1) is 0 Å². The van der Waals surface area contributed by atoms with Crippen molar-refractivity contribution in [2.24, 2.45) is 0 Å². The predicted octanol–water partition coefficient (Wildman–Crippen LogP) is 7.04. The van der Waals surface area contributed by atoms with Crippen LogP contribution in [0.4, 0.5) is 30.7 Å². The maximum atomic E-state index is 14.3. The normalized spacial score (nSPS) is 11.5. The number of ether oxygens (including phenoxy) is 2. The van der Waals surface area contributed by atoms with Gasteiger partial charge in [-0.25, -0.2) is 17.6 Å². The highest BCUT2D eigenvalue weighted by Crippen LogP contribution is 2.33. The molecule has 0 spiro atoms. The van der Waals surface area contributed by atoms with Crippen LogP contribution in [-0.2, 0) is 19.1 Å². The van der Waals surface area contributed by atoms with Crippen LogP contribution in [0.2, 0.25) is 0 Å². The van der Waals surface area contributed by atoms with E-state index >= 15 is 0 Å². The molecule has 3 aromatic carbocycles. The van der Waals surface area contributed by atoms with Gasteiger partial charge < -0.3 is 9.47 Å². The van der Waals surface area contributed by atoms with Crippen molar-refractivity contribution in [1.29, 1.82) is 0 Å². The van der Waals surface area contributed by atoms with Gasteiger partial charge in [0.25, 0.3) is 0 Å². The van der Waals surface area contributed by atoms with Crippen molar-refractivity contribution in [3.05, 3.63) is 94.3 Å². The minimum absolute atomic E-state index is 0.227. The summed E-state index contributed by atoms with van der Waals surface area (Å²) in [6, 6.07) is 7.71. The molecule has 0 bridgehead atoms. The van der Waals surface area contributed by atoms with Gasteiger partial charge in [0.15, 0.2) is 29.0 Å². The van der Waals surface area contributed by atoms with Gasteiger partial charge in [-0.2, -0.15) is 13.2 Å². The summed E-state index contributed by atoms with van der Waals surface area (Å²) in [6.45, 7) is 1.60. The zero-order chi connectivity index (χ0) is 23.5. The fourth-order valence-electron chi connectivity index (χ4n) is 2.90. The number of hydrogen-bond acceptors (Lipinski definition) is 2. The van der Waals surface area contributed by atoms with Crippen LogP contribution in [0.25, 0.3) is 0 Å². The third kappa shape index (κ3) is 5.15. The average Bonchev–Trinajstić information content (AvgIpc) is 2.75. The standard InChI is InChI=1S/C23H17F7O2/c1-2-3-14-6-9-19(22(28)20(14)26)31-12-13-4-7-15(8-5-13)23(29,30)32-16-10-17(24)21(27)18(25)11-16/h4-11H,2-3,12H2,1H3. The Kier molecular flexibility index (Phi) is 6.96. The number of halogens is 7. The van der Waals surface area contributed by atoms with Crippen LogP contribution in [0.1, 0.15) is 30.0 Å². The van der Waals surface area contributed by atoms with E-state index in [9.17, 15) is 30.7 Å². The van der Waals surface area contributed by atoms with E-state index < -0.39 is 46.5 Å². The first-order chi connectivity index (χ1) is 15.1.